The highest BCUT2D eigenvalue weighted by Gasteiger charge is 2.59. The number of anilines is 4. The first kappa shape index (κ1) is 35.6. The topological polar surface area (TPSA) is 6.48 Å². The summed E-state index contributed by atoms with van der Waals surface area (Å²) in [6.45, 7) is 10.0. The van der Waals surface area contributed by atoms with Crippen LogP contribution in [0.4, 0.5) is 22.7 Å². The van der Waals surface area contributed by atoms with Gasteiger partial charge in [-0.3, -0.25) is 0 Å². The van der Waals surface area contributed by atoms with Crippen LogP contribution in [-0.2, 0) is 0 Å². The van der Waals surface area contributed by atoms with Gasteiger partial charge in [0.2, 0.25) is 6.71 Å². The second kappa shape index (κ2) is 13.5. The van der Waals surface area contributed by atoms with Crippen molar-refractivity contribution >= 4 is 51.6 Å². The maximum absolute atomic E-state index is 2.63. The van der Waals surface area contributed by atoms with Gasteiger partial charge in [0.1, 0.15) is 0 Å². The molecule has 2 nitrogen and oxygen atoms in total. The molecule has 0 N–H and O–H groups in total. The van der Waals surface area contributed by atoms with Gasteiger partial charge in [0.25, 0.3) is 0 Å². The normalized spacial score (nSPS) is 18.6. The Labute approximate surface area is 349 Å². The Morgan fingerprint density at radius 2 is 0.864 bits per heavy atom. The van der Waals surface area contributed by atoms with Crippen molar-refractivity contribution in [3.63, 3.8) is 0 Å². The molecule has 0 fully saturated rings. The minimum Gasteiger partial charge on any atom is -0.311 e. The van der Waals surface area contributed by atoms with Crippen LogP contribution >= 0.6 is 0 Å². The zero-order valence-electron chi connectivity index (χ0n) is 34.3. The van der Waals surface area contributed by atoms with Crippen molar-refractivity contribution in [1.29, 1.82) is 0 Å². The van der Waals surface area contributed by atoms with E-state index in [0.717, 1.165) is 12.8 Å². The Balaban J connectivity index is 1.31. The molecule has 59 heavy (non-hydrogen) atoms. The highest BCUT2D eigenvalue weighted by Crippen LogP contribution is 2.66. The van der Waals surface area contributed by atoms with E-state index in [0.29, 0.717) is 0 Å². The molecular formula is C56H47BN2. The maximum atomic E-state index is 2.63. The third-order valence-corrected chi connectivity index (χ3v) is 13.4. The molecule has 0 unspecified atom stereocenters. The molecule has 2 heterocycles. The Morgan fingerprint density at radius 1 is 0.441 bits per heavy atom. The van der Waals surface area contributed by atoms with Crippen LogP contribution in [0.3, 0.4) is 0 Å². The summed E-state index contributed by atoms with van der Waals surface area (Å²) in [5.41, 5.74) is 21.7. The second-order valence-corrected chi connectivity index (χ2v) is 17.5. The van der Waals surface area contributed by atoms with E-state index >= 15 is 0 Å². The molecule has 6 aromatic rings. The molecule has 3 heteroatoms. The van der Waals surface area contributed by atoms with Crippen molar-refractivity contribution in [2.45, 2.75) is 40.5 Å². The first-order chi connectivity index (χ1) is 28.9. The predicted molar refractivity (Wildman–Crippen MR) is 250 cm³/mol. The van der Waals surface area contributed by atoms with Crippen LogP contribution in [0.5, 0.6) is 0 Å². The molecule has 0 saturated carbocycles. The second-order valence-electron chi connectivity index (χ2n) is 17.5. The van der Waals surface area contributed by atoms with Crippen LogP contribution in [0.2, 0.25) is 0 Å². The smallest absolute Gasteiger partial charge is 0.245 e. The van der Waals surface area contributed by atoms with Gasteiger partial charge in [-0.2, -0.15) is 0 Å². The summed E-state index contributed by atoms with van der Waals surface area (Å²) >= 11 is 0. The molecule has 11 rings (SSSR count). The molecule has 0 atom stereocenters. The van der Waals surface area contributed by atoms with E-state index in [9.17, 15) is 0 Å². The highest BCUT2D eigenvalue weighted by molar-refractivity contribution is 6.91. The third kappa shape index (κ3) is 5.20. The van der Waals surface area contributed by atoms with Crippen molar-refractivity contribution in [2.75, 3.05) is 9.80 Å². The van der Waals surface area contributed by atoms with Crippen LogP contribution in [-0.4, -0.2) is 6.71 Å². The van der Waals surface area contributed by atoms with E-state index in [4.69, 9.17) is 0 Å². The number of nitrogens with zero attached hydrogens (tertiary/aromatic N) is 2. The van der Waals surface area contributed by atoms with Gasteiger partial charge < -0.3 is 9.80 Å². The average molecular weight is 759 g/mol. The van der Waals surface area contributed by atoms with Crippen LogP contribution in [0.1, 0.15) is 57.2 Å². The summed E-state index contributed by atoms with van der Waals surface area (Å²) in [6.07, 6.45) is 9.37. The van der Waals surface area contributed by atoms with Gasteiger partial charge in [0.15, 0.2) is 0 Å². The maximum Gasteiger partial charge on any atom is 0.245 e. The van der Waals surface area contributed by atoms with Gasteiger partial charge in [-0.15, -0.1) is 0 Å². The van der Waals surface area contributed by atoms with Crippen molar-refractivity contribution in [1.82, 2.24) is 0 Å². The minimum absolute atomic E-state index is 0.000399. The fraction of sp³-hybridized carbons (Fsp3) is 0.143. The van der Waals surface area contributed by atoms with E-state index in [1.165, 1.54) is 95.1 Å². The SMILES string of the molecule is CC1(C)C2=C(C(C3=CCCC=C3)=C1c1ccccc1)N(c1ccccc1)c1cccc3c1B2C1=C(C(c2ccccc2)=C(c2ccccc2)C1(C)C)N3c1ccccc1. The van der Waals surface area contributed by atoms with E-state index in [1.54, 1.807) is 0 Å². The lowest BCUT2D eigenvalue weighted by molar-refractivity contribution is 0.618. The number of allylic oxidation sites excluding steroid dienone is 9. The van der Waals surface area contributed by atoms with Crippen molar-refractivity contribution in [3.05, 3.63) is 238 Å². The molecule has 5 aliphatic rings. The van der Waals surface area contributed by atoms with E-state index in [2.05, 4.69) is 226 Å². The van der Waals surface area contributed by atoms with Crippen molar-refractivity contribution in [3.8, 4) is 0 Å². The monoisotopic (exact) mass is 758 g/mol. The quantitative estimate of drug-likeness (QED) is 0.156. The number of fused-ring (bicyclic) bond motifs is 2. The fourth-order valence-electron chi connectivity index (χ4n) is 11.2. The van der Waals surface area contributed by atoms with E-state index in [-0.39, 0.29) is 17.5 Å². The zero-order chi connectivity index (χ0) is 39.9. The number of hydrogen-bond donors (Lipinski definition) is 0. The molecule has 0 radical (unpaired) electrons. The van der Waals surface area contributed by atoms with Crippen LogP contribution in [0.25, 0.3) is 16.7 Å². The van der Waals surface area contributed by atoms with E-state index in [1.807, 2.05) is 0 Å². The molecule has 2 aliphatic heterocycles. The van der Waals surface area contributed by atoms with Crippen molar-refractivity contribution in [2.24, 2.45) is 10.8 Å². The Hall–Kier alpha value is -6.58. The molecule has 0 bridgehead atoms. The molecule has 0 aromatic heterocycles. The zero-order valence-corrected chi connectivity index (χ0v) is 34.3. The summed E-state index contributed by atoms with van der Waals surface area (Å²) in [4.78, 5) is 5.24. The van der Waals surface area contributed by atoms with Gasteiger partial charge in [0.05, 0.1) is 0 Å². The Kier molecular flexibility index (Phi) is 8.14. The largest absolute Gasteiger partial charge is 0.311 e. The number of hydrogen-bond acceptors (Lipinski definition) is 2. The Bertz CT molecular complexity index is 2840. The lowest BCUT2D eigenvalue weighted by atomic mass is 9.27. The predicted octanol–water partition coefficient (Wildman–Crippen LogP) is 13.7. The Morgan fingerprint density at radius 3 is 1.32 bits per heavy atom. The number of para-hydroxylation sites is 2. The third-order valence-electron chi connectivity index (χ3n) is 13.4. The van der Waals surface area contributed by atoms with Crippen molar-refractivity contribution < 1.29 is 0 Å². The van der Waals surface area contributed by atoms with Gasteiger partial charge in [-0.05, 0) is 88.1 Å². The first-order valence-electron chi connectivity index (χ1n) is 21.2. The summed E-state index contributed by atoms with van der Waals surface area (Å²) in [5, 5.41) is 0. The van der Waals surface area contributed by atoms with E-state index < -0.39 is 0 Å². The molecule has 6 aromatic carbocycles. The molecular weight excluding hydrogens is 711 g/mol. The summed E-state index contributed by atoms with van der Waals surface area (Å²) in [6, 6.07) is 62.9. The summed E-state index contributed by atoms with van der Waals surface area (Å²) in [5.74, 6) is 0. The number of rotatable bonds is 6. The lowest BCUT2D eigenvalue weighted by Crippen LogP contribution is -2.54. The average Bonchev–Trinajstić information content (AvgIpc) is 3.68. The van der Waals surface area contributed by atoms with Gasteiger partial charge in [-0.25, -0.2) is 0 Å². The molecule has 0 amide bonds. The standard InChI is InChI=1S/C56H47BN2/c1-55(2)48(40-28-15-7-16-29-40)46(38-24-11-5-12-25-38)51-53(55)57-50-44(58(51)42-32-19-9-20-33-42)36-23-37-45(50)59(43-34-21-10-22-35-43)52-47(39-26-13-6-14-27-39)49(56(3,4)54(52)57)41-30-17-8-18-31-41/h5,7-13,15-37H,6,14H2,1-4H3. The number of benzene rings is 6. The molecule has 0 saturated heterocycles. The van der Waals surface area contributed by atoms with Gasteiger partial charge >= 0.3 is 0 Å². The van der Waals surface area contributed by atoms with Crippen LogP contribution in [0, 0.1) is 10.8 Å². The highest BCUT2D eigenvalue weighted by atomic mass is 15.2. The van der Waals surface area contributed by atoms with Gasteiger partial charge in [0, 0.05) is 56.1 Å². The summed E-state index contributed by atoms with van der Waals surface area (Å²) < 4.78 is 0. The minimum atomic E-state index is -0.354. The first-order valence-corrected chi connectivity index (χ1v) is 21.2. The molecule has 284 valence electrons. The summed E-state index contributed by atoms with van der Waals surface area (Å²) in [7, 11) is 0. The lowest BCUT2D eigenvalue weighted by Gasteiger charge is -2.48. The van der Waals surface area contributed by atoms with Gasteiger partial charge in [-0.1, -0.05) is 190 Å². The van der Waals surface area contributed by atoms with Crippen LogP contribution in [0.15, 0.2) is 222 Å². The molecule has 3 aliphatic carbocycles. The van der Waals surface area contributed by atoms with Crippen LogP contribution < -0.4 is 15.3 Å². The fourth-order valence-corrected chi connectivity index (χ4v) is 11.2. The molecule has 0 spiro atoms.